The predicted molar refractivity (Wildman–Crippen MR) is 55.9 cm³/mol. The zero-order valence-corrected chi connectivity index (χ0v) is 9.37. The highest BCUT2D eigenvalue weighted by atomic mass is 16.5. The maximum Gasteiger partial charge on any atom is 0.151 e. The fraction of sp³-hybridized carbons (Fsp3) is 0.700. The lowest BCUT2D eigenvalue weighted by Gasteiger charge is -2.18. The van der Waals surface area contributed by atoms with E-state index in [2.05, 4.69) is 36.3 Å². The van der Waals surface area contributed by atoms with E-state index in [4.69, 9.17) is 4.52 Å². The number of nitrogens with zero attached hydrogens (tertiary/aromatic N) is 2. The molecule has 1 rings (SSSR count). The third-order valence-corrected chi connectivity index (χ3v) is 2.25. The topological polar surface area (TPSA) is 41.3 Å². The molecule has 4 heteroatoms. The largest absolute Gasteiger partial charge is 0.360 e. The lowest BCUT2D eigenvalue weighted by Crippen LogP contribution is -2.25. The van der Waals surface area contributed by atoms with E-state index < -0.39 is 0 Å². The van der Waals surface area contributed by atoms with Crippen molar-refractivity contribution >= 4 is 0 Å². The molecule has 80 valence electrons. The summed E-state index contributed by atoms with van der Waals surface area (Å²) >= 11 is 0. The van der Waals surface area contributed by atoms with Gasteiger partial charge in [-0.3, -0.25) is 4.90 Å². The summed E-state index contributed by atoms with van der Waals surface area (Å²) in [7, 11) is 3.97. The molecule has 1 aromatic heterocycles. The van der Waals surface area contributed by atoms with Crippen LogP contribution in [0.5, 0.6) is 0 Å². The van der Waals surface area contributed by atoms with Crippen LogP contribution in [0.1, 0.15) is 25.3 Å². The number of hydrogen-bond donors (Lipinski definition) is 1. The second kappa shape index (κ2) is 5.12. The lowest BCUT2D eigenvalue weighted by atomic mass is 10.3. The van der Waals surface area contributed by atoms with Crippen molar-refractivity contribution in [1.29, 1.82) is 0 Å². The first-order chi connectivity index (χ1) is 6.63. The number of rotatable bonds is 5. The highest BCUT2D eigenvalue weighted by molar-refractivity contribution is 5.04. The summed E-state index contributed by atoms with van der Waals surface area (Å²) in [6.07, 6.45) is 0. The van der Waals surface area contributed by atoms with E-state index in [0.717, 1.165) is 24.5 Å². The van der Waals surface area contributed by atoms with Crippen molar-refractivity contribution in [3.05, 3.63) is 17.5 Å². The van der Waals surface area contributed by atoms with Gasteiger partial charge >= 0.3 is 0 Å². The summed E-state index contributed by atoms with van der Waals surface area (Å²) in [4.78, 5) is 2.21. The summed E-state index contributed by atoms with van der Waals surface area (Å²) in [6, 6.07) is 2.52. The Balaban J connectivity index is 2.50. The predicted octanol–water partition coefficient (Wildman–Crippen LogP) is 1.23. The molecule has 0 aliphatic rings. The first kappa shape index (κ1) is 11.2. The van der Waals surface area contributed by atoms with Gasteiger partial charge in [0.1, 0.15) is 0 Å². The molecule has 1 heterocycles. The highest BCUT2D eigenvalue weighted by Crippen LogP contribution is 2.07. The molecule has 0 atom stereocenters. The standard InChI is InChI=1S/C10H19N3O/c1-8(2)13(4)7-10-5-9(6-11-3)12-14-10/h5,8,11H,6-7H2,1-4H3. The smallest absolute Gasteiger partial charge is 0.151 e. The van der Waals surface area contributed by atoms with Crippen molar-refractivity contribution < 1.29 is 4.52 Å². The Morgan fingerprint density at radius 2 is 2.29 bits per heavy atom. The molecule has 0 fully saturated rings. The van der Waals surface area contributed by atoms with E-state index in [1.54, 1.807) is 0 Å². The summed E-state index contributed by atoms with van der Waals surface area (Å²) < 4.78 is 5.21. The Morgan fingerprint density at radius 1 is 1.57 bits per heavy atom. The molecule has 0 unspecified atom stereocenters. The van der Waals surface area contributed by atoms with Gasteiger partial charge in [-0.2, -0.15) is 0 Å². The van der Waals surface area contributed by atoms with Crippen LogP contribution in [0.3, 0.4) is 0 Å². The molecule has 14 heavy (non-hydrogen) atoms. The average Bonchev–Trinajstić information content (AvgIpc) is 2.53. The second-order valence-electron chi connectivity index (χ2n) is 3.82. The molecule has 4 nitrogen and oxygen atoms in total. The molecule has 0 aromatic carbocycles. The van der Waals surface area contributed by atoms with Crippen molar-refractivity contribution in [3.63, 3.8) is 0 Å². The summed E-state index contributed by atoms with van der Waals surface area (Å²) in [5.41, 5.74) is 0.958. The number of aromatic nitrogens is 1. The zero-order valence-electron chi connectivity index (χ0n) is 9.37. The fourth-order valence-corrected chi connectivity index (χ4v) is 1.12. The van der Waals surface area contributed by atoms with Crippen LogP contribution >= 0.6 is 0 Å². The van der Waals surface area contributed by atoms with E-state index in [-0.39, 0.29) is 0 Å². The first-order valence-corrected chi connectivity index (χ1v) is 4.92. The van der Waals surface area contributed by atoms with Gasteiger partial charge < -0.3 is 9.84 Å². The number of nitrogens with one attached hydrogen (secondary N) is 1. The van der Waals surface area contributed by atoms with Crippen molar-refractivity contribution in [2.75, 3.05) is 14.1 Å². The minimum Gasteiger partial charge on any atom is -0.360 e. The molecule has 0 aliphatic carbocycles. The maximum absolute atomic E-state index is 5.21. The van der Waals surface area contributed by atoms with Gasteiger partial charge in [0.25, 0.3) is 0 Å². The molecule has 1 N–H and O–H groups in total. The van der Waals surface area contributed by atoms with E-state index in [1.165, 1.54) is 0 Å². The van der Waals surface area contributed by atoms with Crippen LogP contribution < -0.4 is 5.32 Å². The Hall–Kier alpha value is -0.870. The Kier molecular flexibility index (Phi) is 4.10. The van der Waals surface area contributed by atoms with Gasteiger partial charge in [0.2, 0.25) is 0 Å². The third kappa shape index (κ3) is 3.12. The molecule has 1 aromatic rings. The lowest BCUT2D eigenvalue weighted by molar-refractivity contribution is 0.230. The normalized spacial score (nSPS) is 11.6. The second-order valence-corrected chi connectivity index (χ2v) is 3.82. The molecule has 0 saturated carbocycles. The summed E-state index contributed by atoms with van der Waals surface area (Å²) in [5, 5.41) is 6.99. The molecule has 0 radical (unpaired) electrons. The number of hydrogen-bond acceptors (Lipinski definition) is 4. The SMILES string of the molecule is CNCc1cc(CN(C)C(C)C)on1. The van der Waals surface area contributed by atoms with Crippen molar-refractivity contribution in [1.82, 2.24) is 15.4 Å². The molecular formula is C10H19N3O. The summed E-state index contributed by atoms with van der Waals surface area (Å²) in [6.45, 7) is 5.89. The van der Waals surface area contributed by atoms with Gasteiger partial charge in [0.05, 0.1) is 12.2 Å². The van der Waals surface area contributed by atoms with Crippen LogP contribution in [0.4, 0.5) is 0 Å². The first-order valence-electron chi connectivity index (χ1n) is 4.92. The Labute approximate surface area is 85.3 Å². The zero-order chi connectivity index (χ0) is 10.6. The molecular weight excluding hydrogens is 178 g/mol. The highest BCUT2D eigenvalue weighted by Gasteiger charge is 2.08. The van der Waals surface area contributed by atoms with E-state index in [9.17, 15) is 0 Å². The third-order valence-electron chi connectivity index (χ3n) is 2.25. The van der Waals surface area contributed by atoms with Gasteiger partial charge in [0.15, 0.2) is 5.76 Å². The quantitative estimate of drug-likeness (QED) is 0.771. The maximum atomic E-state index is 5.21. The van der Waals surface area contributed by atoms with Crippen LogP contribution in [0.15, 0.2) is 10.6 Å². The minimum atomic E-state index is 0.521. The molecule has 0 amide bonds. The molecule has 0 bridgehead atoms. The Bertz CT molecular complexity index is 270. The minimum absolute atomic E-state index is 0.521. The molecule has 0 aliphatic heterocycles. The molecule has 0 saturated heterocycles. The van der Waals surface area contributed by atoms with E-state index >= 15 is 0 Å². The van der Waals surface area contributed by atoms with E-state index in [1.807, 2.05) is 13.1 Å². The monoisotopic (exact) mass is 197 g/mol. The molecule has 0 spiro atoms. The van der Waals surface area contributed by atoms with Gasteiger partial charge in [-0.25, -0.2) is 0 Å². The van der Waals surface area contributed by atoms with Crippen molar-refractivity contribution in [2.45, 2.75) is 33.0 Å². The van der Waals surface area contributed by atoms with Crippen LogP contribution in [0.2, 0.25) is 0 Å². The van der Waals surface area contributed by atoms with Gasteiger partial charge in [-0.05, 0) is 27.9 Å². The van der Waals surface area contributed by atoms with Crippen LogP contribution in [-0.4, -0.2) is 30.2 Å². The van der Waals surface area contributed by atoms with Crippen LogP contribution in [0.25, 0.3) is 0 Å². The van der Waals surface area contributed by atoms with Gasteiger partial charge in [-0.1, -0.05) is 5.16 Å². The summed E-state index contributed by atoms with van der Waals surface area (Å²) in [5.74, 6) is 0.923. The van der Waals surface area contributed by atoms with Crippen LogP contribution in [0, 0.1) is 0 Å². The average molecular weight is 197 g/mol. The Morgan fingerprint density at radius 3 is 2.86 bits per heavy atom. The van der Waals surface area contributed by atoms with Crippen molar-refractivity contribution in [2.24, 2.45) is 0 Å². The van der Waals surface area contributed by atoms with Gasteiger partial charge in [-0.15, -0.1) is 0 Å². The van der Waals surface area contributed by atoms with E-state index in [0.29, 0.717) is 6.04 Å². The fourth-order valence-electron chi connectivity index (χ4n) is 1.12. The van der Waals surface area contributed by atoms with Crippen LogP contribution in [-0.2, 0) is 13.1 Å². The van der Waals surface area contributed by atoms with Crippen molar-refractivity contribution in [3.8, 4) is 0 Å². The van der Waals surface area contributed by atoms with Gasteiger partial charge in [0, 0.05) is 18.7 Å².